The van der Waals surface area contributed by atoms with Crippen LogP contribution in [-0.2, 0) is 16.1 Å². The average molecular weight is 401 g/mol. The zero-order valence-electron chi connectivity index (χ0n) is 17.6. The van der Waals surface area contributed by atoms with Crippen molar-refractivity contribution in [1.82, 2.24) is 0 Å². The summed E-state index contributed by atoms with van der Waals surface area (Å²) in [5.74, 6) is 0.841. The molecule has 0 aromatic heterocycles. The molecular formula is C22H29N2O5+. The molecule has 0 aliphatic rings. The topological polar surface area (TPSA) is 78.3 Å². The van der Waals surface area contributed by atoms with Gasteiger partial charge in [0.25, 0.3) is 5.91 Å². The van der Waals surface area contributed by atoms with Crippen molar-refractivity contribution in [3.05, 3.63) is 53.6 Å². The molecule has 1 amide bonds. The molecule has 1 unspecified atom stereocenters. The number of methoxy groups -OCH3 is 2. The van der Waals surface area contributed by atoms with Gasteiger partial charge in [-0.25, -0.2) is 4.79 Å². The van der Waals surface area contributed by atoms with Crippen LogP contribution in [0.3, 0.4) is 0 Å². The fraction of sp³-hybridized carbons (Fsp3) is 0.364. The van der Waals surface area contributed by atoms with Gasteiger partial charge in [-0.15, -0.1) is 0 Å². The summed E-state index contributed by atoms with van der Waals surface area (Å²) in [7, 11) is 5.13. The second-order valence-corrected chi connectivity index (χ2v) is 7.04. The second-order valence-electron chi connectivity index (χ2n) is 7.04. The van der Waals surface area contributed by atoms with E-state index in [1.165, 1.54) is 0 Å². The molecule has 0 radical (unpaired) electrons. The number of anilines is 1. The zero-order valence-corrected chi connectivity index (χ0v) is 17.6. The lowest BCUT2D eigenvalue weighted by molar-refractivity contribution is -0.885. The van der Waals surface area contributed by atoms with E-state index in [0.717, 1.165) is 10.5 Å². The molecule has 7 nitrogen and oxygen atoms in total. The van der Waals surface area contributed by atoms with Crippen LogP contribution in [0.2, 0.25) is 0 Å². The summed E-state index contributed by atoms with van der Waals surface area (Å²) in [5, 5.41) is 2.85. The molecule has 7 heteroatoms. The molecule has 0 aliphatic heterocycles. The van der Waals surface area contributed by atoms with Gasteiger partial charge in [0, 0.05) is 5.69 Å². The fourth-order valence-electron chi connectivity index (χ4n) is 2.93. The Morgan fingerprint density at radius 1 is 1.03 bits per heavy atom. The number of rotatable bonds is 9. The van der Waals surface area contributed by atoms with E-state index in [4.69, 9.17) is 14.2 Å². The Labute approximate surface area is 171 Å². The van der Waals surface area contributed by atoms with Gasteiger partial charge in [-0.1, -0.05) is 6.07 Å². The first-order valence-corrected chi connectivity index (χ1v) is 9.46. The number of benzene rings is 2. The molecule has 0 saturated carbocycles. The SMILES string of the molecule is COc1cccc(C[NH+](C)CC(=O)Nc2ccc(C(=O)OC(C)C)cc2)c1OC. The maximum absolute atomic E-state index is 12.4. The van der Waals surface area contributed by atoms with Gasteiger partial charge < -0.3 is 24.4 Å². The molecule has 2 N–H and O–H groups in total. The number of ether oxygens (including phenoxy) is 3. The molecule has 29 heavy (non-hydrogen) atoms. The number of hydrogen-bond acceptors (Lipinski definition) is 5. The highest BCUT2D eigenvalue weighted by Gasteiger charge is 2.16. The molecule has 2 aromatic rings. The Kier molecular flexibility index (Phi) is 8.03. The van der Waals surface area contributed by atoms with E-state index in [1.54, 1.807) is 52.3 Å². The minimum Gasteiger partial charge on any atom is -0.493 e. The van der Waals surface area contributed by atoms with E-state index in [0.29, 0.717) is 29.3 Å². The van der Waals surface area contributed by atoms with Gasteiger partial charge in [0.15, 0.2) is 18.0 Å². The number of para-hydroxylation sites is 1. The summed E-state index contributed by atoms with van der Waals surface area (Å²) in [6.45, 7) is 4.48. The first-order valence-electron chi connectivity index (χ1n) is 9.46. The number of hydrogen-bond donors (Lipinski definition) is 2. The number of quaternary nitrogens is 1. The lowest BCUT2D eigenvalue weighted by Gasteiger charge is -2.17. The van der Waals surface area contributed by atoms with E-state index in [1.807, 2.05) is 25.2 Å². The van der Waals surface area contributed by atoms with E-state index in [2.05, 4.69) is 5.32 Å². The van der Waals surface area contributed by atoms with Crippen LogP contribution in [0.15, 0.2) is 42.5 Å². The largest absolute Gasteiger partial charge is 0.493 e. The monoisotopic (exact) mass is 401 g/mol. The molecule has 156 valence electrons. The van der Waals surface area contributed by atoms with Crippen molar-refractivity contribution in [2.24, 2.45) is 0 Å². The number of likely N-dealkylation sites (N-methyl/N-ethyl adjacent to an activating group) is 1. The molecule has 0 fully saturated rings. The van der Waals surface area contributed by atoms with Crippen molar-refractivity contribution in [2.75, 3.05) is 33.1 Å². The third kappa shape index (κ3) is 6.50. The second kappa shape index (κ2) is 10.5. The van der Waals surface area contributed by atoms with Crippen LogP contribution in [0.4, 0.5) is 5.69 Å². The fourth-order valence-corrected chi connectivity index (χ4v) is 2.93. The van der Waals surface area contributed by atoms with Gasteiger partial charge >= 0.3 is 5.97 Å². The van der Waals surface area contributed by atoms with Crippen LogP contribution in [0.1, 0.15) is 29.8 Å². The lowest BCUT2D eigenvalue weighted by Crippen LogP contribution is -3.08. The quantitative estimate of drug-likeness (QED) is 0.628. The van der Waals surface area contributed by atoms with Gasteiger partial charge in [0.1, 0.15) is 6.54 Å². The van der Waals surface area contributed by atoms with Crippen molar-refractivity contribution in [3.8, 4) is 11.5 Å². The van der Waals surface area contributed by atoms with Crippen LogP contribution in [0.25, 0.3) is 0 Å². The van der Waals surface area contributed by atoms with Crippen LogP contribution in [-0.4, -0.2) is 45.8 Å². The summed E-state index contributed by atoms with van der Waals surface area (Å²) >= 11 is 0. The van der Waals surface area contributed by atoms with Crippen molar-refractivity contribution < 1.29 is 28.7 Å². The van der Waals surface area contributed by atoms with E-state index < -0.39 is 0 Å². The van der Waals surface area contributed by atoms with Gasteiger partial charge in [0.2, 0.25) is 0 Å². The Balaban J connectivity index is 1.93. The minimum absolute atomic E-state index is 0.123. The zero-order chi connectivity index (χ0) is 21.4. The van der Waals surface area contributed by atoms with Gasteiger partial charge in [-0.2, -0.15) is 0 Å². The molecule has 0 bridgehead atoms. The molecule has 2 aromatic carbocycles. The van der Waals surface area contributed by atoms with Crippen molar-refractivity contribution in [2.45, 2.75) is 26.5 Å². The number of carbonyl (C=O) groups is 2. The summed E-state index contributed by atoms with van der Waals surface area (Å²) in [6, 6.07) is 12.3. The minimum atomic E-state index is -0.380. The van der Waals surface area contributed by atoms with E-state index in [-0.39, 0.29) is 24.5 Å². The summed E-state index contributed by atoms with van der Waals surface area (Å²) in [5.41, 5.74) is 2.04. The molecule has 1 atom stereocenters. The lowest BCUT2D eigenvalue weighted by atomic mass is 10.1. The van der Waals surface area contributed by atoms with Gasteiger partial charge in [0.05, 0.1) is 38.5 Å². The maximum Gasteiger partial charge on any atom is 0.338 e. The highest BCUT2D eigenvalue weighted by atomic mass is 16.5. The summed E-state index contributed by atoms with van der Waals surface area (Å²) < 4.78 is 15.9. The molecule has 2 rings (SSSR count). The predicted octanol–water partition coefficient (Wildman–Crippen LogP) is 1.92. The normalized spacial score (nSPS) is 11.7. The van der Waals surface area contributed by atoms with Gasteiger partial charge in [-0.3, -0.25) is 4.79 Å². The van der Waals surface area contributed by atoms with E-state index in [9.17, 15) is 9.59 Å². The molecule has 0 saturated heterocycles. The van der Waals surface area contributed by atoms with Crippen molar-refractivity contribution in [3.63, 3.8) is 0 Å². The Hall–Kier alpha value is -3.06. The molecular weight excluding hydrogens is 372 g/mol. The van der Waals surface area contributed by atoms with Crippen LogP contribution in [0.5, 0.6) is 11.5 Å². The Morgan fingerprint density at radius 3 is 2.31 bits per heavy atom. The highest BCUT2D eigenvalue weighted by Crippen LogP contribution is 2.30. The number of amides is 1. The first-order chi connectivity index (χ1) is 13.8. The summed E-state index contributed by atoms with van der Waals surface area (Å²) in [4.78, 5) is 25.2. The van der Waals surface area contributed by atoms with Gasteiger partial charge in [-0.05, 0) is 50.2 Å². The molecule has 0 spiro atoms. The van der Waals surface area contributed by atoms with Crippen molar-refractivity contribution in [1.29, 1.82) is 0 Å². The number of esters is 1. The van der Waals surface area contributed by atoms with Crippen LogP contribution < -0.4 is 19.7 Å². The Bertz CT molecular complexity index is 834. The predicted molar refractivity (Wildman–Crippen MR) is 111 cm³/mol. The number of nitrogens with one attached hydrogen (secondary N) is 2. The van der Waals surface area contributed by atoms with E-state index >= 15 is 0 Å². The van der Waals surface area contributed by atoms with Crippen LogP contribution in [0, 0.1) is 0 Å². The van der Waals surface area contributed by atoms with Crippen molar-refractivity contribution >= 4 is 17.6 Å². The molecule has 0 aliphatic carbocycles. The first kappa shape index (κ1) is 22.2. The average Bonchev–Trinajstić information content (AvgIpc) is 2.67. The van der Waals surface area contributed by atoms with Crippen LogP contribution >= 0.6 is 0 Å². The number of carbonyl (C=O) groups excluding carboxylic acids is 2. The maximum atomic E-state index is 12.4. The summed E-state index contributed by atoms with van der Waals surface area (Å²) in [6.07, 6.45) is -0.177. The third-order valence-electron chi connectivity index (χ3n) is 4.19. The third-order valence-corrected chi connectivity index (χ3v) is 4.19. The Morgan fingerprint density at radius 2 is 1.72 bits per heavy atom. The molecule has 0 heterocycles. The standard InChI is InChI=1S/C22H28N2O5/c1-15(2)29-22(26)16-9-11-18(12-10-16)23-20(25)14-24(3)13-17-7-6-8-19(27-4)21(17)28-5/h6-12,15H,13-14H2,1-5H3,(H,23,25)/p+1. The highest BCUT2D eigenvalue weighted by molar-refractivity contribution is 5.93. The smallest absolute Gasteiger partial charge is 0.338 e.